The van der Waals surface area contributed by atoms with E-state index in [2.05, 4.69) is 39.8 Å². The van der Waals surface area contributed by atoms with Crippen molar-refractivity contribution in [2.24, 2.45) is 0 Å². The molecular formula is C19H22ClN3S. The number of thiocarbonyl (C=S) groups is 1. The number of anilines is 2. The molecule has 5 heteroatoms. The van der Waals surface area contributed by atoms with Crippen molar-refractivity contribution in [2.45, 2.75) is 25.8 Å². The summed E-state index contributed by atoms with van der Waals surface area (Å²) >= 11 is 11.5. The van der Waals surface area contributed by atoms with Crippen LogP contribution in [-0.4, -0.2) is 23.1 Å². The molecule has 1 aliphatic heterocycles. The van der Waals surface area contributed by atoms with E-state index in [9.17, 15) is 0 Å². The molecule has 0 aliphatic carbocycles. The smallest absolute Gasteiger partial charge is 0.175 e. The summed E-state index contributed by atoms with van der Waals surface area (Å²) in [6.45, 7) is 3.46. The number of nitrogens with one attached hydrogen (secondary N) is 2. The van der Waals surface area contributed by atoms with Crippen LogP contribution in [-0.2, 0) is 6.54 Å². The first kappa shape index (κ1) is 17.2. The molecule has 2 aromatic carbocycles. The molecule has 126 valence electrons. The molecule has 1 saturated heterocycles. The molecule has 2 aromatic rings. The van der Waals surface area contributed by atoms with Gasteiger partial charge in [-0.2, -0.15) is 0 Å². The lowest BCUT2D eigenvalue weighted by molar-refractivity contribution is 0.221. The molecular weight excluding hydrogens is 338 g/mol. The highest BCUT2D eigenvalue weighted by molar-refractivity contribution is 7.80. The third-order valence-corrected chi connectivity index (χ3v) is 4.72. The Kier molecular flexibility index (Phi) is 6.07. The van der Waals surface area contributed by atoms with Crippen LogP contribution in [0.4, 0.5) is 11.4 Å². The molecule has 3 rings (SSSR count). The number of halogens is 1. The van der Waals surface area contributed by atoms with Crippen molar-refractivity contribution in [2.75, 3.05) is 23.7 Å². The van der Waals surface area contributed by atoms with Gasteiger partial charge in [0, 0.05) is 12.2 Å². The van der Waals surface area contributed by atoms with Gasteiger partial charge in [0.15, 0.2) is 5.11 Å². The zero-order valence-electron chi connectivity index (χ0n) is 13.6. The molecule has 0 spiro atoms. The Morgan fingerprint density at radius 2 is 1.67 bits per heavy atom. The lowest BCUT2D eigenvalue weighted by atomic mass is 10.1. The molecule has 1 aliphatic rings. The molecule has 0 radical (unpaired) electrons. The molecule has 1 heterocycles. The van der Waals surface area contributed by atoms with Gasteiger partial charge in [0.25, 0.3) is 0 Å². The summed E-state index contributed by atoms with van der Waals surface area (Å²) in [4.78, 5) is 2.52. The van der Waals surface area contributed by atoms with Gasteiger partial charge in [0.1, 0.15) is 0 Å². The zero-order valence-corrected chi connectivity index (χ0v) is 15.2. The van der Waals surface area contributed by atoms with E-state index in [1.807, 2.05) is 24.3 Å². The number of hydrogen-bond donors (Lipinski definition) is 2. The van der Waals surface area contributed by atoms with Gasteiger partial charge >= 0.3 is 0 Å². The molecule has 1 fully saturated rings. The highest BCUT2D eigenvalue weighted by Crippen LogP contribution is 2.21. The Morgan fingerprint density at radius 3 is 2.38 bits per heavy atom. The molecule has 0 amide bonds. The number of nitrogens with zero attached hydrogens (tertiary/aromatic N) is 1. The quantitative estimate of drug-likeness (QED) is 0.739. The summed E-state index contributed by atoms with van der Waals surface area (Å²) in [6.07, 6.45) is 4.01. The molecule has 0 atom stereocenters. The number of rotatable bonds is 4. The van der Waals surface area contributed by atoms with Crippen molar-refractivity contribution in [3.63, 3.8) is 0 Å². The van der Waals surface area contributed by atoms with Crippen LogP contribution in [0.25, 0.3) is 0 Å². The van der Waals surface area contributed by atoms with Crippen molar-refractivity contribution in [3.05, 3.63) is 59.1 Å². The normalized spacial score (nSPS) is 15.0. The summed E-state index contributed by atoms with van der Waals surface area (Å²) in [5, 5.41) is 7.50. The SMILES string of the molecule is S=C(Nc1ccc(CN2CCCCC2)cc1)Nc1ccccc1Cl. The first-order valence-corrected chi connectivity index (χ1v) is 9.13. The van der Waals surface area contributed by atoms with E-state index in [-0.39, 0.29) is 0 Å². The maximum atomic E-state index is 6.13. The maximum absolute atomic E-state index is 6.13. The maximum Gasteiger partial charge on any atom is 0.175 e. The van der Waals surface area contributed by atoms with Crippen LogP contribution in [0.1, 0.15) is 24.8 Å². The molecule has 24 heavy (non-hydrogen) atoms. The van der Waals surface area contributed by atoms with Gasteiger partial charge in [0.2, 0.25) is 0 Å². The van der Waals surface area contributed by atoms with E-state index in [4.69, 9.17) is 23.8 Å². The molecule has 0 saturated carbocycles. The summed E-state index contributed by atoms with van der Waals surface area (Å²) in [5.74, 6) is 0. The summed E-state index contributed by atoms with van der Waals surface area (Å²) in [7, 11) is 0. The van der Waals surface area contributed by atoms with Crippen molar-refractivity contribution in [1.82, 2.24) is 4.90 Å². The van der Waals surface area contributed by atoms with Crippen molar-refractivity contribution in [1.29, 1.82) is 0 Å². The van der Waals surface area contributed by atoms with Crippen molar-refractivity contribution >= 4 is 40.3 Å². The minimum absolute atomic E-state index is 0.534. The second-order valence-corrected chi connectivity index (χ2v) is 6.91. The standard InChI is InChI=1S/C19H22ClN3S/c20-17-6-2-3-7-18(17)22-19(24)21-16-10-8-15(9-11-16)14-23-12-4-1-5-13-23/h2-3,6-11H,1,4-5,12-14H2,(H2,21,22,24). The number of likely N-dealkylation sites (tertiary alicyclic amines) is 1. The average molecular weight is 360 g/mol. The molecule has 0 bridgehead atoms. The van der Waals surface area contributed by atoms with E-state index in [1.54, 1.807) is 0 Å². The molecule has 0 aromatic heterocycles. The second-order valence-electron chi connectivity index (χ2n) is 6.09. The number of benzene rings is 2. The molecule has 0 unspecified atom stereocenters. The third-order valence-electron chi connectivity index (χ3n) is 4.19. The van der Waals surface area contributed by atoms with Crippen LogP contribution < -0.4 is 10.6 Å². The molecule has 2 N–H and O–H groups in total. The van der Waals surface area contributed by atoms with Crippen LogP contribution in [0.3, 0.4) is 0 Å². The minimum Gasteiger partial charge on any atom is -0.332 e. The van der Waals surface area contributed by atoms with Crippen LogP contribution in [0.15, 0.2) is 48.5 Å². The fourth-order valence-electron chi connectivity index (χ4n) is 2.92. The lowest BCUT2D eigenvalue weighted by Gasteiger charge is -2.26. The van der Waals surface area contributed by atoms with Crippen LogP contribution in [0.2, 0.25) is 5.02 Å². The Labute approximate surface area is 154 Å². The van der Waals surface area contributed by atoms with Gasteiger partial charge in [-0.15, -0.1) is 0 Å². The van der Waals surface area contributed by atoms with Gasteiger partial charge in [-0.05, 0) is 68.0 Å². The summed E-state index contributed by atoms with van der Waals surface area (Å²) < 4.78 is 0. The highest BCUT2D eigenvalue weighted by Gasteiger charge is 2.10. The fraction of sp³-hybridized carbons (Fsp3) is 0.316. The Balaban J connectivity index is 1.53. The van der Waals surface area contributed by atoms with Gasteiger partial charge in [-0.3, -0.25) is 4.90 Å². The summed E-state index contributed by atoms with van der Waals surface area (Å²) in [5.41, 5.74) is 3.12. The second kappa shape index (κ2) is 8.47. The number of para-hydroxylation sites is 1. The first-order chi connectivity index (χ1) is 11.7. The lowest BCUT2D eigenvalue weighted by Crippen LogP contribution is -2.29. The van der Waals surface area contributed by atoms with Gasteiger partial charge in [-0.1, -0.05) is 42.3 Å². The van der Waals surface area contributed by atoms with Gasteiger partial charge in [-0.25, -0.2) is 0 Å². The highest BCUT2D eigenvalue weighted by atomic mass is 35.5. The Morgan fingerprint density at radius 1 is 0.958 bits per heavy atom. The fourth-order valence-corrected chi connectivity index (χ4v) is 3.33. The van der Waals surface area contributed by atoms with E-state index >= 15 is 0 Å². The van der Waals surface area contributed by atoms with Gasteiger partial charge in [0.05, 0.1) is 10.7 Å². The van der Waals surface area contributed by atoms with E-state index in [0.29, 0.717) is 10.1 Å². The van der Waals surface area contributed by atoms with Crippen LogP contribution >= 0.6 is 23.8 Å². The number of piperidine rings is 1. The number of hydrogen-bond acceptors (Lipinski definition) is 2. The van der Waals surface area contributed by atoms with E-state index in [0.717, 1.165) is 17.9 Å². The van der Waals surface area contributed by atoms with E-state index < -0.39 is 0 Å². The first-order valence-electron chi connectivity index (χ1n) is 8.34. The zero-order chi connectivity index (χ0) is 16.8. The monoisotopic (exact) mass is 359 g/mol. The topological polar surface area (TPSA) is 27.3 Å². The Bertz CT molecular complexity index is 681. The average Bonchev–Trinajstić information content (AvgIpc) is 2.60. The third kappa shape index (κ3) is 4.94. The van der Waals surface area contributed by atoms with Crippen LogP contribution in [0, 0.1) is 0 Å². The largest absolute Gasteiger partial charge is 0.332 e. The predicted molar refractivity (Wildman–Crippen MR) is 107 cm³/mol. The van der Waals surface area contributed by atoms with Crippen molar-refractivity contribution < 1.29 is 0 Å². The minimum atomic E-state index is 0.534. The van der Waals surface area contributed by atoms with Gasteiger partial charge < -0.3 is 10.6 Å². The van der Waals surface area contributed by atoms with Crippen LogP contribution in [0.5, 0.6) is 0 Å². The Hall–Kier alpha value is -1.62. The predicted octanol–water partition coefficient (Wildman–Crippen LogP) is 5.13. The summed E-state index contributed by atoms with van der Waals surface area (Å²) in [6, 6.07) is 16.0. The van der Waals surface area contributed by atoms with E-state index in [1.165, 1.54) is 37.9 Å². The molecule has 3 nitrogen and oxygen atoms in total. The van der Waals surface area contributed by atoms with Crippen molar-refractivity contribution in [3.8, 4) is 0 Å².